The van der Waals surface area contributed by atoms with Crippen LogP contribution in [0, 0.1) is 5.41 Å². The SMILES string of the molecule is CC=NC(=N)N1CCN(C(=O)Cn2c(=O)c(C(=O)NCc3ccc(Cl)cc3)cc3cccnc32)CC1. The van der Waals surface area contributed by atoms with E-state index in [1.807, 2.05) is 0 Å². The molecule has 2 N–H and O–H groups in total. The number of halogens is 1. The number of guanidine groups is 1. The van der Waals surface area contributed by atoms with Gasteiger partial charge in [-0.15, -0.1) is 0 Å². The van der Waals surface area contributed by atoms with E-state index in [0.29, 0.717) is 42.2 Å². The lowest BCUT2D eigenvalue weighted by Gasteiger charge is -2.35. The number of piperazine rings is 1. The number of fused-ring (bicyclic) bond motifs is 1. The van der Waals surface area contributed by atoms with E-state index in [0.717, 1.165) is 5.56 Å². The number of aromatic nitrogens is 2. The molecule has 1 aliphatic rings. The highest BCUT2D eigenvalue weighted by atomic mass is 35.5. The van der Waals surface area contributed by atoms with Gasteiger partial charge in [-0.05, 0) is 42.8 Å². The summed E-state index contributed by atoms with van der Waals surface area (Å²) in [6.07, 6.45) is 3.10. The second kappa shape index (κ2) is 11.1. The highest BCUT2D eigenvalue weighted by Crippen LogP contribution is 2.13. The molecule has 2 aromatic heterocycles. The van der Waals surface area contributed by atoms with Crippen LogP contribution in [0.3, 0.4) is 0 Å². The van der Waals surface area contributed by atoms with E-state index in [2.05, 4.69) is 15.3 Å². The Balaban J connectivity index is 1.53. The molecule has 3 heterocycles. The minimum atomic E-state index is -0.583. The molecule has 1 fully saturated rings. The number of pyridine rings is 2. The Kier molecular flexibility index (Phi) is 7.74. The first-order chi connectivity index (χ1) is 17.4. The molecule has 1 aliphatic heterocycles. The van der Waals surface area contributed by atoms with Gasteiger partial charge in [-0.2, -0.15) is 0 Å². The fourth-order valence-electron chi connectivity index (χ4n) is 4.00. The van der Waals surface area contributed by atoms with Crippen molar-refractivity contribution in [2.24, 2.45) is 4.99 Å². The van der Waals surface area contributed by atoms with Crippen molar-refractivity contribution >= 4 is 46.6 Å². The molecule has 4 rings (SSSR count). The van der Waals surface area contributed by atoms with Gasteiger partial charge in [0.05, 0.1) is 0 Å². The van der Waals surface area contributed by atoms with E-state index in [1.54, 1.807) is 65.5 Å². The van der Waals surface area contributed by atoms with Gasteiger partial charge in [-0.3, -0.25) is 24.4 Å². The maximum Gasteiger partial charge on any atom is 0.265 e. The number of carbonyl (C=O) groups excluding carboxylic acids is 2. The lowest BCUT2D eigenvalue weighted by molar-refractivity contribution is -0.133. The molecule has 0 unspecified atom stereocenters. The monoisotopic (exact) mass is 507 g/mol. The predicted molar refractivity (Wildman–Crippen MR) is 139 cm³/mol. The zero-order valence-corrected chi connectivity index (χ0v) is 20.5. The third-order valence-corrected chi connectivity index (χ3v) is 6.19. The highest BCUT2D eigenvalue weighted by Gasteiger charge is 2.24. The summed E-state index contributed by atoms with van der Waals surface area (Å²) in [4.78, 5) is 51.1. The second-order valence-electron chi connectivity index (χ2n) is 8.25. The number of rotatable bonds is 5. The molecular weight excluding hydrogens is 482 g/mol. The normalized spacial score (nSPS) is 13.8. The number of benzene rings is 1. The Morgan fingerprint density at radius 3 is 2.53 bits per heavy atom. The summed E-state index contributed by atoms with van der Waals surface area (Å²) in [5.41, 5.74) is 0.527. The van der Waals surface area contributed by atoms with Crippen molar-refractivity contribution in [3.05, 3.63) is 75.2 Å². The van der Waals surface area contributed by atoms with Gasteiger partial charge in [0.2, 0.25) is 11.9 Å². The molecular formula is C25H26ClN7O3. The van der Waals surface area contributed by atoms with E-state index in [-0.39, 0.29) is 30.5 Å². The molecule has 0 spiro atoms. The van der Waals surface area contributed by atoms with Crippen molar-refractivity contribution < 1.29 is 9.59 Å². The molecule has 0 atom stereocenters. The van der Waals surface area contributed by atoms with Crippen molar-refractivity contribution in [1.82, 2.24) is 24.7 Å². The summed E-state index contributed by atoms with van der Waals surface area (Å²) in [6, 6.07) is 12.0. The van der Waals surface area contributed by atoms with Crippen molar-refractivity contribution in [3.63, 3.8) is 0 Å². The van der Waals surface area contributed by atoms with Crippen LogP contribution in [0.25, 0.3) is 11.0 Å². The Labute approximate surface area is 212 Å². The van der Waals surface area contributed by atoms with Crippen LogP contribution in [0.1, 0.15) is 22.8 Å². The molecule has 1 aromatic carbocycles. The molecule has 2 amide bonds. The van der Waals surface area contributed by atoms with Gasteiger partial charge in [-0.1, -0.05) is 23.7 Å². The molecule has 1 saturated heterocycles. The molecule has 0 bridgehead atoms. The van der Waals surface area contributed by atoms with E-state index in [4.69, 9.17) is 17.0 Å². The van der Waals surface area contributed by atoms with Crippen LogP contribution in [0.4, 0.5) is 0 Å². The minimum Gasteiger partial charge on any atom is -0.348 e. The van der Waals surface area contributed by atoms with Gasteiger partial charge < -0.3 is 15.1 Å². The smallest absolute Gasteiger partial charge is 0.265 e. The quantitative estimate of drug-likeness (QED) is 0.404. The van der Waals surface area contributed by atoms with Crippen LogP contribution in [0.5, 0.6) is 0 Å². The number of carbonyl (C=O) groups is 2. The second-order valence-corrected chi connectivity index (χ2v) is 8.69. The standard InChI is InChI=1S/C25H26ClN7O3/c1-2-28-25(27)32-12-10-31(11-13-32)21(34)16-33-22-18(4-3-9-29-22)14-20(24(33)36)23(35)30-15-17-5-7-19(26)8-6-17/h2-9,14,27H,10-13,15-16H2,1H3,(H,30,35). The molecule has 0 aliphatic carbocycles. The maximum absolute atomic E-state index is 13.3. The van der Waals surface area contributed by atoms with Crippen molar-refractivity contribution in [1.29, 1.82) is 5.41 Å². The number of nitrogens with zero attached hydrogens (tertiary/aromatic N) is 5. The number of amides is 2. The van der Waals surface area contributed by atoms with E-state index in [1.165, 1.54) is 10.6 Å². The Hall–Kier alpha value is -4.05. The number of aliphatic imine (C=N–C) groups is 1. The highest BCUT2D eigenvalue weighted by molar-refractivity contribution is 6.30. The summed E-state index contributed by atoms with van der Waals surface area (Å²) in [6.45, 7) is 3.49. The minimum absolute atomic E-state index is 0.0621. The van der Waals surface area contributed by atoms with Gasteiger partial charge in [0, 0.05) is 55.5 Å². The van der Waals surface area contributed by atoms with E-state index < -0.39 is 11.5 Å². The third-order valence-electron chi connectivity index (χ3n) is 5.94. The van der Waals surface area contributed by atoms with Crippen LogP contribution in [0.15, 0.2) is 58.4 Å². The van der Waals surface area contributed by atoms with Gasteiger partial charge >= 0.3 is 0 Å². The van der Waals surface area contributed by atoms with Crippen LogP contribution >= 0.6 is 11.6 Å². The first-order valence-corrected chi connectivity index (χ1v) is 11.9. The molecule has 0 saturated carbocycles. The van der Waals surface area contributed by atoms with E-state index >= 15 is 0 Å². The summed E-state index contributed by atoms with van der Waals surface area (Å²) >= 11 is 5.91. The summed E-state index contributed by atoms with van der Waals surface area (Å²) in [5, 5.41) is 11.9. The summed E-state index contributed by atoms with van der Waals surface area (Å²) < 4.78 is 1.25. The topological polar surface area (TPSA) is 124 Å². The maximum atomic E-state index is 13.3. The number of hydrogen-bond acceptors (Lipinski definition) is 5. The average molecular weight is 508 g/mol. The Morgan fingerprint density at radius 2 is 1.83 bits per heavy atom. The van der Waals surface area contributed by atoms with Gasteiger partial charge in [-0.25, -0.2) is 9.98 Å². The first kappa shape index (κ1) is 25.1. The fraction of sp³-hybridized carbons (Fsp3) is 0.280. The molecule has 3 aromatic rings. The molecule has 36 heavy (non-hydrogen) atoms. The molecule has 0 radical (unpaired) electrons. The Morgan fingerprint density at radius 1 is 1.14 bits per heavy atom. The van der Waals surface area contributed by atoms with Crippen LogP contribution in [-0.4, -0.2) is 69.5 Å². The van der Waals surface area contributed by atoms with Gasteiger partial charge in [0.15, 0.2) is 0 Å². The summed E-state index contributed by atoms with van der Waals surface area (Å²) in [7, 11) is 0. The van der Waals surface area contributed by atoms with Crippen LogP contribution in [0.2, 0.25) is 5.02 Å². The van der Waals surface area contributed by atoms with E-state index in [9.17, 15) is 14.4 Å². The van der Waals surface area contributed by atoms with Gasteiger partial charge in [0.1, 0.15) is 17.8 Å². The lowest BCUT2D eigenvalue weighted by Crippen LogP contribution is -2.51. The average Bonchev–Trinajstić information content (AvgIpc) is 2.89. The number of hydrogen-bond donors (Lipinski definition) is 2. The molecule has 11 heteroatoms. The van der Waals surface area contributed by atoms with Gasteiger partial charge in [0.25, 0.3) is 11.5 Å². The zero-order valence-electron chi connectivity index (χ0n) is 19.8. The van der Waals surface area contributed by atoms with Crippen LogP contribution in [-0.2, 0) is 17.9 Å². The third kappa shape index (κ3) is 5.60. The first-order valence-electron chi connectivity index (χ1n) is 11.5. The predicted octanol–water partition coefficient (Wildman–Crippen LogP) is 2.15. The summed E-state index contributed by atoms with van der Waals surface area (Å²) in [5.74, 6) is -0.633. The fourth-order valence-corrected chi connectivity index (χ4v) is 4.13. The zero-order chi connectivity index (χ0) is 25.7. The molecule has 186 valence electrons. The van der Waals surface area contributed by atoms with Crippen molar-refractivity contribution in [2.45, 2.75) is 20.0 Å². The number of nitrogens with one attached hydrogen (secondary N) is 2. The van der Waals surface area contributed by atoms with Crippen molar-refractivity contribution in [2.75, 3.05) is 26.2 Å². The van der Waals surface area contributed by atoms with Crippen LogP contribution < -0.4 is 10.9 Å². The van der Waals surface area contributed by atoms with Crippen molar-refractivity contribution in [3.8, 4) is 0 Å². The Bertz CT molecular complexity index is 1380. The lowest BCUT2D eigenvalue weighted by atomic mass is 10.1. The molecule has 10 nitrogen and oxygen atoms in total. The largest absolute Gasteiger partial charge is 0.348 e.